The Labute approximate surface area is 128 Å². The van der Waals surface area contributed by atoms with E-state index < -0.39 is 0 Å². The summed E-state index contributed by atoms with van der Waals surface area (Å²) in [6.07, 6.45) is 1.95. The zero-order valence-corrected chi connectivity index (χ0v) is 13.1. The molecule has 0 aliphatic heterocycles. The number of fused-ring (bicyclic) bond motifs is 1. The van der Waals surface area contributed by atoms with Crippen LogP contribution in [0.5, 0.6) is 5.75 Å². The molecule has 0 heterocycles. The summed E-state index contributed by atoms with van der Waals surface area (Å²) in [6, 6.07) is 14.8. The summed E-state index contributed by atoms with van der Waals surface area (Å²) in [5, 5.41) is 0. The highest BCUT2D eigenvalue weighted by molar-refractivity contribution is 9.10. The van der Waals surface area contributed by atoms with Gasteiger partial charge in [-0.3, -0.25) is 0 Å². The molecule has 2 aromatic carbocycles. The standard InChI is InChI=1S/C17H18BrNO/c1-20-13-6-7-16(18)12(8-13)10-17(19)15-9-11-4-2-3-5-14(11)15/h2-8,15,17H,9-10,19H2,1H3. The first-order chi connectivity index (χ1) is 9.69. The summed E-state index contributed by atoms with van der Waals surface area (Å²) >= 11 is 3.60. The van der Waals surface area contributed by atoms with E-state index in [-0.39, 0.29) is 6.04 Å². The van der Waals surface area contributed by atoms with Gasteiger partial charge in [0.25, 0.3) is 0 Å². The summed E-state index contributed by atoms with van der Waals surface area (Å²) in [7, 11) is 1.69. The van der Waals surface area contributed by atoms with Gasteiger partial charge in [0, 0.05) is 16.4 Å². The number of benzene rings is 2. The van der Waals surface area contributed by atoms with E-state index in [9.17, 15) is 0 Å². The Kier molecular flexibility index (Phi) is 3.81. The predicted octanol–water partition coefficient (Wildman–Crippen LogP) is 3.67. The smallest absolute Gasteiger partial charge is 0.119 e. The highest BCUT2D eigenvalue weighted by atomic mass is 79.9. The lowest BCUT2D eigenvalue weighted by Crippen LogP contribution is -2.37. The van der Waals surface area contributed by atoms with Crippen LogP contribution < -0.4 is 10.5 Å². The number of hydrogen-bond donors (Lipinski definition) is 1. The molecule has 2 atom stereocenters. The van der Waals surface area contributed by atoms with Crippen LogP contribution in [-0.2, 0) is 12.8 Å². The van der Waals surface area contributed by atoms with Gasteiger partial charge in [-0.15, -0.1) is 0 Å². The Morgan fingerprint density at radius 2 is 2.10 bits per heavy atom. The van der Waals surface area contributed by atoms with Gasteiger partial charge in [-0.1, -0.05) is 40.2 Å². The summed E-state index contributed by atoms with van der Waals surface area (Å²) in [5.74, 6) is 1.36. The van der Waals surface area contributed by atoms with Gasteiger partial charge in [0.05, 0.1) is 7.11 Å². The molecule has 0 amide bonds. The summed E-state index contributed by atoms with van der Waals surface area (Å²) in [5.41, 5.74) is 10.5. The van der Waals surface area contributed by atoms with Gasteiger partial charge in [-0.05, 0) is 47.7 Å². The number of hydrogen-bond acceptors (Lipinski definition) is 2. The first-order valence-electron chi connectivity index (χ1n) is 6.85. The highest BCUT2D eigenvalue weighted by Gasteiger charge is 2.30. The van der Waals surface area contributed by atoms with Crippen LogP contribution in [0, 0.1) is 0 Å². The number of methoxy groups -OCH3 is 1. The Balaban J connectivity index is 1.76. The fourth-order valence-corrected chi connectivity index (χ4v) is 3.32. The van der Waals surface area contributed by atoms with Crippen molar-refractivity contribution < 1.29 is 4.74 Å². The Morgan fingerprint density at radius 1 is 1.30 bits per heavy atom. The van der Waals surface area contributed by atoms with Crippen molar-refractivity contribution in [1.82, 2.24) is 0 Å². The molecule has 2 aromatic rings. The average Bonchev–Trinajstić information content (AvgIpc) is 2.42. The van der Waals surface area contributed by atoms with Crippen molar-refractivity contribution in [3.8, 4) is 5.75 Å². The Hall–Kier alpha value is -1.32. The molecule has 0 aromatic heterocycles. The van der Waals surface area contributed by atoms with E-state index >= 15 is 0 Å². The van der Waals surface area contributed by atoms with E-state index in [2.05, 4.69) is 46.3 Å². The lowest BCUT2D eigenvalue weighted by Gasteiger charge is -2.35. The lowest BCUT2D eigenvalue weighted by molar-refractivity contribution is 0.413. The van der Waals surface area contributed by atoms with E-state index in [1.165, 1.54) is 16.7 Å². The molecule has 20 heavy (non-hydrogen) atoms. The number of nitrogens with two attached hydrogens (primary N) is 1. The molecule has 2 unspecified atom stereocenters. The molecule has 104 valence electrons. The highest BCUT2D eigenvalue weighted by Crippen LogP contribution is 2.38. The van der Waals surface area contributed by atoms with Crippen molar-refractivity contribution >= 4 is 15.9 Å². The summed E-state index contributed by atoms with van der Waals surface area (Å²) in [4.78, 5) is 0. The topological polar surface area (TPSA) is 35.2 Å². The number of ether oxygens (including phenoxy) is 1. The van der Waals surface area contributed by atoms with Crippen molar-refractivity contribution in [2.24, 2.45) is 5.73 Å². The van der Waals surface area contributed by atoms with Crippen LogP contribution >= 0.6 is 15.9 Å². The van der Waals surface area contributed by atoms with Crippen molar-refractivity contribution in [2.45, 2.75) is 24.8 Å². The van der Waals surface area contributed by atoms with Crippen LogP contribution in [0.4, 0.5) is 0 Å². The summed E-state index contributed by atoms with van der Waals surface area (Å²) in [6.45, 7) is 0. The van der Waals surface area contributed by atoms with Crippen molar-refractivity contribution in [3.05, 3.63) is 63.6 Å². The van der Waals surface area contributed by atoms with E-state index in [0.29, 0.717) is 5.92 Å². The zero-order chi connectivity index (χ0) is 14.1. The van der Waals surface area contributed by atoms with E-state index in [0.717, 1.165) is 23.1 Å². The van der Waals surface area contributed by atoms with Crippen molar-refractivity contribution in [3.63, 3.8) is 0 Å². The fourth-order valence-electron chi connectivity index (χ4n) is 2.91. The molecular formula is C17H18BrNO. The molecule has 0 saturated carbocycles. The molecule has 3 heteroatoms. The maximum Gasteiger partial charge on any atom is 0.119 e. The summed E-state index contributed by atoms with van der Waals surface area (Å²) < 4.78 is 6.39. The maximum absolute atomic E-state index is 6.42. The quantitative estimate of drug-likeness (QED) is 0.927. The molecule has 1 aliphatic carbocycles. The van der Waals surface area contributed by atoms with Crippen LogP contribution in [0.1, 0.15) is 22.6 Å². The average molecular weight is 332 g/mol. The van der Waals surface area contributed by atoms with Crippen molar-refractivity contribution in [1.29, 1.82) is 0 Å². The fraction of sp³-hybridized carbons (Fsp3) is 0.294. The van der Waals surface area contributed by atoms with Crippen LogP contribution in [0.15, 0.2) is 46.9 Å². The Bertz CT molecular complexity index is 626. The first kappa shape index (κ1) is 13.7. The molecule has 2 N–H and O–H groups in total. The van der Waals surface area contributed by atoms with Crippen LogP contribution in [-0.4, -0.2) is 13.2 Å². The van der Waals surface area contributed by atoms with Crippen molar-refractivity contribution in [2.75, 3.05) is 7.11 Å². The van der Waals surface area contributed by atoms with E-state index in [1.54, 1.807) is 7.11 Å². The molecule has 0 saturated heterocycles. The maximum atomic E-state index is 6.42. The van der Waals surface area contributed by atoms with Gasteiger partial charge >= 0.3 is 0 Å². The third kappa shape index (κ3) is 2.48. The number of rotatable bonds is 4. The third-order valence-electron chi connectivity index (χ3n) is 4.12. The van der Waals surface area contributed by atoms with Gasteiger partial charge < -0.3 is 10.5 Å². The van der Waals surface area contributed by atoms with Gasteiger partial charge in [-0.25, -0.2) is 0 Å². The van der Waals surface area contributed by atoms with Crippen LogP contribution in [0.3, 0.4) is 0 Å². The zero-order valence-electron chi connectivity index (χ0n) is 11.5. The van der Waals surface area contributed by atoms with E-state index in [4.69, 9.17) is 10.5 Å². The molecule has 0 radical (unpaired) electrons. The monoisotopic (exact) mass is 331 g/mol. The lowest BCUT2D eigenvalue weighted by atomic mass is 9.72. The third-order valence-corrected chi connectivity index (χ3v) is 4.89. The molecule has 0 fully saturated rings. The van der Waals surface area contributed by atoms with Gasteiger partial charge in [0.15, 0.2) is 0 Å². The molecule has 0 spiro atoms. The minimum absolute atomic E-state index is 0.147. The Morgan fingerprint density at radius 3 is 2.85 bits per heavy atom. The normalized spacial score (nSPS) is 18.1. The van der Waals surface area contributed by atoms with E-state index in [1.807, 2.05) is 12.1 Å². The SMILES string of the molecule is COc1ccc(Br)c(CC(N)C2Cc3ccccc32)c1. The van der Waals surface area contributed by atoms with Crippen LogP contribution in [0.25, 0.3) is 0 Å². The molecule has 3 rings (SSSR count). The molecule has 1 aliphatic rings. The van der Waals surface area contributed by atoms with Gasteiger partial charge in [-0.2, -0.15) is 0 Å². The predicted molar refractivity (Wildman–Crippen MR) is 85.3 cm³/mol. The molecule has 0 bridgehead atoms. The largest absolute Gasteiger partial charge is 0.497 e. The molecule has 2 nitrogen and oxygen atoms in total. The van der Waals surface area contributed by atoms with Gasteiger partial charge in [0.2, 0.25) is 0 Å². The second kappa shape index (κ2) is 5.58. The van der Waals surface area contributed by atoms with Gasteiger partial charge in [0.1, 0.15) is 5.75 Å². The second-order valence-corrected chi connectivity index (χ2v) is 6.19. The number of halogens is 1. The van der Waals surface area contributed by atoms with Crippen LogP contribution in [0.2, 0.25) is 0 Å². The second-order valence-electron chi connectivity index (χ2n) is 5.33. The minimum atomic E-state index is 0.147. The molecular weight excluding hydrogens is 314 g/mol. The first-order valence-corrected chi connectivity index (χ1v) is 7.64. The minimum Gasteiger partial charge on any atom is -0.497 e.